The van der Waals surface area contributed by atoms with Crippen molar-refractivity contribution < 1.29 is 17.9 Å². The van der Waals surface area contributed by atoms with Gasteiger partial charge in [0.15, 0.2) is 0 Å². The maximum absolute atomic E-state index is 12.9. The third kappa shape index (κ3) is 2.73. The van der Waals surface area contributed by atoms with Crippen LogP contribution in [0.4, 0.5) is 13.2 Å². The SMILES string of the molecule is CC1(C)C=C(c2cccc(C(F)(F)F)c2)c2ccccc2O1. The molecule has 0 radical (unpaired) electrons. The van der Waals surface area contributed by atoms with Crippen molar-refractivity contribution in [3.05, 3.63) is 71.3 Å². The number of rotatable bonds is 1. The van der Waals surface area contributed by atoms with Gasteiger partial charge in [-0.05, 0) is 49.3 Å². The molecule has 1 aliphatic heterocycles. The summed E-state index contributed by atoms with van der Waals surface area (Å²) in [5.74, 6) is 0.683. The van der Waals surface area contributed by atoms with E-state index in [2.05, 4.69) is 0 Å². The van der Waals surface area contributed by atoms with E-state index in [0.717, 1.165) is 17.2 Å². The lowest BCUT2D eigenvalue weighted by Crippen LogP contribution is -2.29. The van der Waals surface area contributed by atoms with Gasteiger partial charge in [0, 0.05) is 5.56 Å². The first kappa shape index (κ1) is 14.7. The summed E-state index contributed by atoms with van der Waals surface area (Å²) in [6.45, 7) is 3.77. The van der Waals surface area contributed by atoms with E-state index in [0.29, 0.717) is 11.3 Å². The fourth-order valence-corrected chi connectivity index (χ4v) is 2.62. The molecule has 1 nitrogen and oxygen atoms in total. The summed E-state index contributed by atoms with van der Waals surface area (Å²) in [6, 6.07) is 12.8. The highest BCUT2D eigenvalue weighted by molar-refractivity contribution is 5.84. The second-order valence-electron chi connectivity index (χ2n) is 5.84. The summed E-state index contributed by atoms with van der Waals surface area (Å²) < 4.78 is 44.7. The lowest BCUT2D eigenvalue weighted by molar-refractivity contribution is -0.137. The second kappa shape index (κ2) is 4.90. The summed E-state index contributed by atoms with van der Waals surface area (Å²) in [4.78, 5) is 0. The number of hydrogen-bond donors (Lipinski definition) is 0. The highest BCUT2D eigenvalue weighted by Crippen LogP contribution is 2.40. The summed E-state index contributed by atoms with van der Waals surface area (Å²) in [7, 11) is 0. The molecule has 4 heteroatoms. The number of hydrogen-bond acceptors (Lipinski definition) is 1. The van der Waals surface area contributed by atoms with E-state index < -0.39 is 17.3 Å². The first-order valence-corrected chi connectivity index (χ1v) is 6.95. The molecule has 0 fully saturated rings. The standard InChI is InChI=1S/C18H15F3O/c1-17(2)11-15(14-8-3-4-9-16(14)22-17)12-6-5-7-13(10-12)18(19,20)21/h3-11H,1-2H3. The van der Waals surface area contributed by atoms with E-state index in [1.165, 1.54) is 12.1 Å². The van der Waals surface area contributed by atoms with Crippen LogP contribution in [0.5, 0.6) is 5.75 Å². The Hall–Kier alpha value is -2.23. The average Bonchev–Trinajstić information content (AvgIpc) is 2.44. The Kier molecular flexibility index (Phi) is 3.28. The van der Waals surface area contributed by atoms with Gasteiger partial charge >= 0.3 is 6.18 Å². The molecule has 0 N–H and O–H groups in total. The largest absolute Gasteiger partial charge is 0.483 e. The van der Waals surface area contributed by atoms with Crippen LogP contribution in [0.1, 0.15) is 30.5 Å². The third-order valence-electron chi connectivity index (χ3n) is 3.54. The molecule has 0 saturated heterocycles. The highest BCUT2D eigenvalue weighted by atomic mass is 19.4. The summed E-state index contributed by atoms with van der Waals surface area (Å²) in [5.41, 5.74) is 0.892. The maximum Gasteiger partial charge on any atom is 0.416 e. The van der Waals surface area contributed by atoms with E-state index in [4.69, 9.17) is 4.74 Å². The Balaban J connectivity index is 2.16. The fraction of sp³-hybridized carbons (Fsp3) is 0.222. The van der Waals surface area contributed by atoms with Gasteiger partial charge in [-0.2, -0.15) is 13.2 Å². The van der Waals surface area contributed by atoms with Gasteiger partial charge in [-0.3, -0.25) is 0 Å². The zero-order valence-electron chi connectivity index (χ0n) is 12.2. The minimum atomic E-state index is -4.35. The number of para-hydroxylation sites is 1. The van der Waals surface area contributed by atoms with Crippen LogP contribution in [0.3, 0.4) is 0 Å². The molecule has 22 heavy (non-hydrogen) atoms. The molecule has 0 saturated carbocycles. The Morgan fingerprint density at radius 2 is 1.68 bits per heavy atom. The topological polar surface area (TPSA) is 9.23 Å². The second-order valence-corrected chi connectivity index (χ2v) is 5.84. The molecule has 0 unspecified atom stereocenters. The van der Waals surface area contributed by atoms with Gasteiger partial charge in [0.1, 0.15) is 11.4 Å². The fourth-order valence-electron chi connectivity index (χ4n) is 2.62. The van der Waals surface area contributed by atoms with Crippen molar-refractivity contribution in [2.45, 2.75) is 25.6 Å². The first-order valence-electron chi connectivity index (χ1n) is 6.95. The molecular formula is C18H15F3O. The Morgan fingerprint density at radius 3 is 2.41 bits per heavy atom. The van der Waals surface area contributed by atoms with Crippen molar-refractivity contribution in [3.63, 3.8) is 0 Å². The van der Waals surface area contributed by atoms with Crippen molar-refractivity contribution in [1.29, 1.82) is 0 Å². The minimum absolute atomic E-state index is 0.540. The van der Waals surface area contributed by atoms with Gasteiger partial charge in [-0.25, -0.2) is 0 Å². The molecule has 0 spiro atoms. The Labute approximate surface area is 127 Å². The smallest absolute Gasteiger partial charge is 0.416 e. The van der Waals surface area contributed by atoms with Crippen molar-refractivity contribution in [3.8, 4) is 5.75 Å². The van der Waals surface area contributed by atoms with Crippen LogP contribution >= 0.6 is 0 Å². The van der Waals surface area contributed by atoms with E-state index in [1.54, 1.807) is 6.07 Å². The molecule has 0 amide bonds. The normalized spacial score (nSPS) is 16.5. The summed E-state index contributed by atoms with van der Waals surface area (Å²) in [6.07, 6.45) is -2.48. The van der Waals surface area contributed by atoms with E-state index >= 15 is 0 Å². The number of benzene rings is 2. The molecule has 1 heterocycles. The molecule has 114 valence electrons. The van der Waals surface area contributed by atoms with Crippen LogP contribution in [0, 0.1) is 0 Å². The molecule has 0 aliphatic carbocycles. The van der Waals surface area contributed by atoms with Gasteiger partial charge in [0.2, 0.25) is 0 Å². The monoisotopic (exact) mass is 304 g/mol. The first-order chi connectivity index (χ1) is 10.3. The van der Waals surface area contributed by atoms with Gasteiger partial charge in [-0.15, -0.1) is 0 Å². The van der Waals surface area contributed by atoms with Crippen LogP contribution in [-0.2, 0) is 6.18 Å². The van der Waals surface area contributed by atoms with Crippen molar-refractivity contribution in [2.75, 3.05) is 0 Å². The third-order valence-corrected chi connectivity index (χ3v) is 3.54. The zero-order valence-corrected chi connectivity index (χ0v) is 12.2. The van der Waals surface area contributed by atoms with Crippen LogP contribution in [0.15, 0.2) is 54.6 Å². The van der Waals surface area contributed by atoms with Crippen molar-refractivity contribution >= 4 is 5.57 Å². The lowest BCUT2D eigenvalue weighted by Gasteiger charge is -2.31. The van der Waals surface area contributed by atoms with Crippen LogP contribution in [-0.4, -0.2) is 5.60 Å². The van der Waals surface area contributed by atoms with E-state index in [1.807, 2.05) is 44.2 Å². The average molecular weight is 304 g/mol. The van der Waals surface area contributed by atoms with Crippen LogP contribution in [0.2, 0.25) is 0 Å². The van der Waals surface area contributed by atoms with Crippen LogP contribution in [0.25, 0.3) is 5.57 Å². The number of alkyl halides is 3. The predicted octanol–water partition coefficient (Wildman–Crippen LogP) is 5.31. The Bertz CT molecular complexity index is 742. The number of ether oxygens (including phenoxy) is 1. The Morgan fingerprint density at radius 1 is 0.955 bits per heavy atom. The molecular weight excluding hydrogens is 289 g/mol. The van der Waals surface area contributed by atoms with Crippen molar-refractivity contribution in [1.82, 2.24) is 0 Å². The van der Waals surface area contributed by atoms with Gasteiger partial charge < -0.3 is 4.74 Å². The summed E-state index contributed by atoms with van der Waals surface area (Å²) >= 11 is 0. The zero-order chi connectivity index (χ0) is 16.0. The molecule has 0 bridgehead atoms. The van der Waals surface area contributed by atoms with E-state index in [9.17, 15) is 13.2 Å². The molecule has 2 aromatic carbocycles. The van der Waals surface area contributed by atoms with Gasteiger partial charge in [0.05, 0.1) is 5.56 Å². The quantitative estimate of drug-likeness (QED) is 0.694. The molecule has 3 rings (SSSR count). The summed E-state index contributed by atoms with van der Waals surface area (Å²) in [5, 5.41) is 0. The lowest BCUT2D eigenvalue weighted by atomic mass is 9.89. The van der Waals surface area contributed by atoms with Gasteiger partial charge in [-0.1, -0.05) is 30.3 Å². The van der Waals surface area contributed by atoms with Gasteiger partial charge in [0.25, 0.3) is 0 Å². The highest BCUT2D eigenvalue weighted by Gasteiger charge is 2.32. The molecule has 1 aliphatic rings. The molecule has 0 aromatic heterocycles. The van der Waals surface area contributed by atoms with E-state index in [-0.39, 0.29) is 0 Å². The maximum atomic E-state index is 12.9. The molecule has 2 aromatic rings. The minimum Gasteiger partial charge on any atom is -0.483 e. The molecule has 0 atom stereocenters. The van der Waals surface area contributed by atoms with Crippen LogP contribution < -0.4 is 4.74 Å². The van der Waals surface area contributed by atoms with Crippen molar-refractivity contribution in [2.24, 2.45) is 0 Å². The number of fused-ring (bicyclic) bond motifs is 1. The number of halogens is 3. The predicted molar refractivity (Wildman–Crippen MR) is 79.7 cm³/mol.